The molecule has 2 saturated carbocycles. The van der Waals surface area contributed by atoms with Gasteiger partial charge in [0.15, 0.2) is 0 Å². The van der Waals surface area contributed by atoms with Crippen LogP contribution in [0.5, 0.6) is 0 Å². The normalized spacial score (nSPS) is 38.4. The van der Waals surface area contributed by atoms with Gasteiger partial charge in [-0.05, 0) is 56.8 Å². The lowest BCUT2D eigenvalue weighted by Crippen LogP contribution is -2.50. The number of hydrogen-bond acceptors (Lipinski definition) is 2. The Labute approximate surface area is 123 Å². The highest BCUT2D eigenvalue weighted by atomic mass is 16.2. The fourth-order valence-electron chi connectivity index (χ4n) is 4.82. The second-order valence-electron chi connectivity index (χ2n) is 7.34. The molecule has 3 aliphatic rings. The quantitative estimate of drug-likeness (QED) is 0.843. The zero-order valence-electron chi connectivity index (χ0n) is 12.7. The van der Waals surface area contributed by atoms with Crippen molar-refractivity contribution in [2.45, 2.75) is 82.7 Å². The van der Waals surface area contributed by atoms with Gasteiger partial charge in [-0.1, -0.05) is 19.3 Å². The van der Waals surface area contributed by atoms with Gasteiger partial charge in [-0.15, -0.1) is 0 Å². The van der Waals surface area contributed by atoms with Crippen molar-refractivity contribution in [2.75, 3.05) is 6.54 Å². The molecule has 1 aliphatic heterocycles. The van der Waals surface area contributed by atoms with Gasteiger partial charge < -0.3 is 10.6 Å². The predicted molar refractivity (Wildman–Crippen MR) is 81.2 cm³/mol. The molecule has 0 radical (unpaired) electrons. The van der Waals surface area contributed by atoms with E-state index in [4.69, 9.17) is 5.73 Å². The first-order valence-electron chi connectivity index (χ1n) is 8.79. The van der Waals surface area contributed by atoms with E-state index in [-0.39, 0.29) is 0 Å². The van der Waals surface area contributed by atoms with E-state index in [2.05, 4.69) is 4.90 Å². The number of carbonyl (C=O) groups is 1. The number of nitrogens with two attached hydrogens (primary N) is 1. The minimum atomic E-state index is 0.338. The summed E-state index contributed by atoms with van der Waals surface area (Å²) in [5.41, 5.74) is 6.06. The van der Waals surface area contributed by atoms with E-state index in [0.29, 0.717) is 23.9 Å². The lowest BCUT2D eigenvalue weighted by atomic mass is 9.77. The van der Waals surface area contributed by atoms with E-state index in [1.807, 2.05) is 0 Å². The van der Waals surface area contributed by atoms with Gasteiger partial charge in [0.05, 0.1) is 0 Å². The highest BCUT2D eigenvalue weighted by molar-refractivity contribution is 5.77. The number of carbonyl (C=O) groups excluding carboxylic acids is 1. The van der Waals surface area contributed by atoms with Crippen LogP contribution in [-0.2, 0) is 4.79 Å². The molecule has 2 N–H and O–H groups in total. The lowest BCUT2D eigenvalue weighted by Gasteiger charge is -2.44. The summed E-state index contributed by atoms with van der Waals surface area (Å²) < 4.78 is 0. The molecule has 3 heteroatoms. The van der Waals surface area contributed by atoms with E-state index < -0.39 is 0 Å². The summed E-state index contributed by atoms with van der Waals surface area (Å²) >= 11 is 0. The molecule has 3 fully saturated rings. The number of likely N-dealkylation sites (tertiary alicyclic amines) is 1. The van der Waals surface area contributed by atoms with Crippen molar-refractivity contribution in [1.29, 1.82) is 0 Å². The highest BCUT2D eigenvalue weighted by Gasteiger charge is 2.36. The van der Waals surface area contributed by atoms with Crippen molar-refractivity contribution in [1.82, 2.24) is 4.90 Å². The SMILES string of the molecule is NC1CCCC(CC(=O)N2CCCC3CCCCC32)C1. The number of fused-ring (bicyclic) bond motifs is 1. The van der Waals surface area contributed by atoms with Gasteiger partial charge in [0, 0.05) is 25.0 Å². The fourth-order valence-corrected chi connectivity index (χ4v) is 4.82. The monoisotopic (exact) mass is 278 g/mol. The van der Waals surface area contributed by atoms with E-state index in [9.17, 15) is 4.79 Å². The lowest BCUT2D eigenvalue weighted by molar-refractivity contribution is -0.138. The van der Waals surface area contributed by atoms with Crippen molar-refractivity contribution < 1.29 is 4.79 Å². The van der Waals surface area contributed by atoms with Gasteiger partial charge in [-0.3, -0.25) is 4.79 Å². The van der Waals surface area contributed by atoms with Crippen LogP contribution in [0.3, 0.4) is 0 Å². The topological polar surface area (TPSA) is 46.3 Å². The summed E-state index contributed by atoms with van der Waals surface area (Å²) in [4.78, 5) is 15.0. The molecular formula is C17H30N2O. The molecule has 114 valence electrons. The molecule has 1 amide bonds. The van der Waals surface area contributed by atoms with Crippen molar-refractivity contribution >= 4 is 5.91 Å². The number of amides is 1. The van der Waals surface area contributed by atoms with Gasteiger partial charge in [-0.2, -0.15) is 0 Å². The van der Waals surface area contributed by atoms with Gasteiger partial charge in [-0.25, -0.2) is 0 Å². The van der Waals surface area contributed by atoms with Crippen LogP contribution < -0.4 is 5.73 Å². The Hall–Kier alpha value is -0.570. The summed E-state index contributed by atoms with van der Waals surface area (Å²) in [7, 11) is 0. The first-order valence-corrected chi connectivity index (χ1v) is 8.79. The summed E-state index contributed by atoms with van der Waals surface area (Å²) in [5.74, 6) is 1.78. The van der Waals surface area contributed by atoms with Crippen LogP contribution in [0.1, 0.15) is 70.6 Å². The molecule has 0 spiro atoms. The molecule has 4 unspecified atom stereocenters. The maximum Gasteiger partial charge on any atom is 0.223 e. The highest BCUT2D eigenvalue weighted by Crippen LogP contribution is 2.36. The largest absolute Gasteiger partial charge is 0.339 e. The number of rotatable bonds is 2. The minimum absolute atomic E-state index is 0.338. The molecule has 0 aromatic carbocycles. The molecule has 20 heavy (non-hydrogen) atoms. The van der Waals surface area contributed by atoms with Crippen LogP contribution in [0.2, 0.25) is 0 Å². The zero-order chi connectivity index (χ0) is 13.9. The minimum Gasteiger partial charge on any atom is -0.339 e. The Morgan fingerprint density at radius 2 is 1.80 bits per heavy atom. The Morgan fingerprint density at radius 1 is 1.00 bits per heavy atom. The van der Waals surface area contributed by atoms with Crippen LogP contribution >= 0.6 is 0 Å². The molecule has 4 atom stereocenters. The number of nitrogens with zero attached hydrogens (tertiary/aromatic N) is 1. The molecule has 2 aliphatic carbocycles. The van der Waals surface area contributed by atoms with E-state index in [1.165, 1.54) is 51.4 Å². The molecule has 0 aromatic rings. The molecule has 3 rings (SSSR count). The van der Waals surface area contributed by atoms with Crippen molar-refractivity contribution in [3.8, 4) is 0 Å². The van der Waals surface area contributed by atoms with Gasteiger partial charge in [0.25, 0.3) is 0 Å². The van der Waals surface area contributed by atoms with Gasteiger partial charge in [0.2, 0.25) is 5.91 Å². The molecule has 0 aromatic heterocycles. The standard InChI is InChI=1S/C17H30N2O/c18-15-8-3-5-13(11-15)12-17(20)19-10-4-7-14-6-1-2-9-16(14)19/h13-16H,1-12,18H2. The van der Waals surface area contributed by atoms with Crippen LogP contribution in [-0.4, -0.2) is 29.4 Å². The second-order valence-corrected chi connectivity index (χ2v) is 7.34. The van der Waals surface area contributed by atoms with Crippen molar-refractivity contribution in [3.63, 3.8) is 0 Å². The summed E-state index contributed by atoms with van der Waals surface area (Å²) in [6.07, 6.45) is 13.3. The van der Waals surface area contributed by atoms with Crippen LogP contribution in [0, 0.1) is 11.8 Å². The maximum absolute atomic E-state index is 12.7. The Bertz CT molecular complexity index is 342. The first kappa shape index (κ1) is 14.4. The fraction of sp³-hybridized carbons (Fsp3) is 0.941. The Balaban J connectivity index is 1.57. The van der Waals surface area contributed by atoms with Gasteiger partial charge in [0.1, 0.15) is 0 Å². The van der Waals surface area contributed by atoms with Crippen molar-refractivity contribution in [3.05, 3.63) is 0 Å². The molecule has 1 saturated heterocycles. The zero-order valence-corrected chi connectivity index (χ0v) is 12.7. The average molecular weight is 278 g/mol. The third-order valence-corrected chi connectivity index (χ3v) is 5.85. The Morgan fingerprint density at radius 3 is 2.65 bits per heavy atom. The number of hydrogen-bond donors (Lipinski definition) is 1. The van der Waals surface area contributed by atoms with E-state index in [0.717, 1.165) is 31.7 Å². The first-order chi connectivity index (χ1) is 9.74. The van der Waals surface area contributed by atoms with Crippen LogP contribution in [0.25, 0.3) is 0 Å². The maximum atomic E-state index is 12.7. The average Bonchev–Trinajstić information content (AvgIpc) is 2.46. The second kappa shape index (κ2) is 6.46. The molecular weight excluding hydrogens is 248 g/mol. The Kier molecular flexibility index (Phi) is 4.65. The smallest absolute Gasteiger partial charge is 0.223 e. The van der Waals surface area contributed by atoms with Gasteiger partial charge >= 0.3 is 0 Å². The van der Waals surface area contributed by atoms with Crippen LogP contribution in [0.4, 0.5) is 0 Å². The summed E-state index contributed by atoms with van der Waals surface area (Å²) in [6, 6.07) is 0.910. The van der Waals surface area contributed by atoms with Crippen LogP contribution in [0.15, 0.2) is 0 Å². The summed E-state index contributed by atoms with van der Waals surface area (Å²) in [6.45, 7) is 1.01. The predicted octanol–water partition coefficient (Wildman–Crippen LogP) is 3.08. The van der Waals surface area contributed by atoms with E-state index >= 15 is 0 Å². The number of piperidine rings is 1. The molecule has 3 nitrogen and oxygen atoms in total. The molecule has 0 bridgehead atoms. The third kappa shape index (κ3) is 3.19. The molecule has 1 heterocycles. The van der Waals surface area contributed by atoms with Crippen molar-refractivity contribution in [2.24, 2.45) is 17.6 Å². The summed E-state index contributed by atoms with van der Waals surface area (Å²) in [5, 5.41) is 0. The third-order valence-electron chi connectivity index (χ3n) is 5.85. The van der Waals surface area contributed by atoms with E-state index in [1.54, 1.807) is 0 Å².